The van der Waals surface area contributed by atoms with Crippen LogP contribution in [0.15, 0.2) is 35.2 Å². The van der Waals surface area contributed by atoms with Crippen LogP contribution in [0.2, 0.25) is 0 Å². The van der Waals surface area contributed by atoms with E-state index in [4.69, 9.17) is 5.84 Å². The van der Waals surface area contributed by atoms with Gasteiger partial charge in [-0.25, -0.2) is 9.97 Å². The second-order valence-corrected chi connectivity index (χ2v) is 4.62. The van der Waals surface area contributed by atoms with Crippen LogP contribution in [0.3, 0.4) is 0 Å². The molecule has 0 aliphatic heterocycles. The zero-order chi connectivity index (χ0) is 15.4. The number of carbonyl (C=O) groups excluding carboxylic acids is 1. The summed E-state index contributed by atoms with van der Waals surface area (Å²) >= 11 is 3.12. The van der Waals surface area contributed by atoms with Crippen LogP contribution in [0, 0.1) is 10.1 Å². The van der Waals surface area contributed by atoms with Crippen LogP contribution in [0.4, 0.5) is 17.2 Å². The van der Waals surface area contributed by atoms with Gasteiger partial charge in [0.05, 0.1) is 17.3 Å². The fourth-order valence-corrected chi connectivity index (χ4v) is 1.72. The number of aromatic nitrogens is 2. The summed E-state index contributed by atoms with van der Waals surface area (Å²) in [6.07, 6.45) is 2.77. The minimum Gasteiger partial charge on any atom is -0.318 e. The number of rotatable bonds is 4. The molecule has 4 N–H and O–H groups in total. The number of nitro benzene ring substituents is 1. The van der Waals surface area contributed by atoms with E-state index in [0.717, 1.165) is 6.07 Å². The molecule has 2 rings (SSSR count). The van der Waals surface area contributed by atoms with E-state index in [1.165, 1.54) is 24.5 Å². The molecule has 1 amide bonds. The maximum Gasteiger partial charge on any atom is 0.294 e. The van der Waals surface area contributed by atoms with Crippen molar-refractivity contribution in [2.45, 2.75) is 0 Å². The second kappa shape index (κ2) is 6.24. The zero-order valence-corrected chi connectivity index (χ0v) is 12.0. The van der Waals surface area contributed by atoms with Crippen LogP contribution in [0.25, 0.3) is 0 Å². The monoisotopic (exact) mass is 352 g/mol. The van der Waals surface area contributed by atoms with Gasteiger partial charge in [-0.1, -0.05) is 0 Å². The Hall–Kier alpha value is -2.59. The fourth-order valence-electron chi connectivity index (χ4n) is 1.51. The summed E-state index contributed by atoms with van der Waals surface area (Å²) in [7, 11) is 0. The number of nitrogen functional groups attached to an aromatic ring is 1. The van der Waals surface area contributed by atoms with Gasteiger partial charge in [0.2, 0.25) is 0 Å². The minimum absolute atomic E-state index is 0.102. The molecule has 0 saturated carbocycles. The smallest absolute Gasteiger partial charge is 0.294 e. The van der Waals surface area contributed by atoms with Crippen molar-refractivity contribution in [2.75, 3.05) is 10.7 Å². The third-order valence-electron chi connectivity index (χ3n) is 2.47. The van der Waals surface area contributed by atoms with E-state index in [9.17, 15) is 14.9 Å². The molecular weight excluding hydrogens is 344 g/mol. The summed E-state index contributed by atoms with van der Waals surface area (Å²) in [5.41, 5.74) is 2.11. The summed E-state index contributed by atoms with van der Waals surface area (Å²) in [5.74, 6) is 4.86. The Morgan fingerprint density at radius 1 is 1.33 bits per heavy atom. The topological polar surface area (TPSA) is 136 Å². The van der Waals surface area contributed by atoms with Crippen molar-refractivity contribution in [1.29, 1.82) is 0 Å². The van der Waals surface area contributed by atoms with Gasteiger partial charge in [0, 0.05) is 11.6 Å². The van der Waals surface area contributed by atoms with Gasteiger partial charge in [-0.3, -0.25) is 20.8 Å². The molecular formula is C11H9BrN6O3. The number of anilines is 2. The second-order valence-electron chi connectivity index (χ2n) is 3.81. The van der Waals surface area contributed by atoms with Gasteiger partial charge < -0.3 is 10.7 Å². The Morgan fingerprint density at radius 3 is 2.67 bits per heavy atom. The van der Waals surface area contributed by atoms with Gasteiger partial charge in [-0.15, -0.1) is 0 Å². The van der Waals surface area contributed by atoms with Crippen LogP contribution in [-0.4, -0.2) is 20.8 Å². The van der Waals surface area contributed by atoms with Gasteiger partial charge >= 0.3 is 0 Å². The first-order chi connectivity index (χ1) is 10.0. The highest BCUT2D eigenvalue weighted by atomic mass is 79.9. The number of nitrogens with zero attached hydrogens (tertiary/aromatic N) is 3. The Balaban J connectivity index is 2.25. The first-order valence-corrected chi connectivity index (χ1v) is 6.34. The number of benzene rings is 1. The molecule has 0 unspecified atom stereocenters. The molecule has 0 saturated heterocycles. The van der Waals surface area contributed by atoms with Crippen molar-refractivity contribution in [3.8, 4) is 0 Å². The molecule has 21 heavy (non-hydrogen) atoms. The maximum absolute atomic E-state index is 12.0. The predicted molar refractivity (Wildman–Crippen MR) is 78.6 cm³/mol. The number of halogens is 1. The van der Waals surface area contributed by atoms with E-state index in [2.05, 4.69) is 36.6 Å². The van der Waals surface area contributed by atoms with E-state index >= 15 is 0 Å². The molecule has 0 radical (unpaired) electrons. The van der Waals surface area contributed by atoms with Crippen molar-refractivity contribution < 1.29 is 9.72 Å². The largest absolute Gasteiger partial charge is 0.318 e. The van der Waals surface area contributed by atoms with E-state index in [-0.39, 0.29) is 22.8 Å². The van der Waals surface area contributed by atoms with Gasteiger partial charge in [0.1, 0.15) is 10.3 Å². The van der Waals surface area contributed by atoms with Gasteiger partial charge in [-0.2, -0.15) is 0 Å². The molecule has 0 atom stereocenters. The van der Waals surface area contributed by atoms with Crippen molar-refractivity contribution in [1.82, 2.24) is 9.97 Å². The van der Waals surface area contributed by atoms with Crippen LogP contribution in [0.1, 0.15) is 10.4 Å². The molecule has 0 aliphatic rings. The standard InChI is InChI=1S/C11H9BrN6O3/c12-9-4-15-10(5-14-9)16-11(19)6-1-2-7(17-13)8(3-6)18(20)21/h1-5,17H,13H2,(H,15,16,19). The van der Waals surface area contributed by atoms with Crippen molar-refractivity contribution in [3.63, 3.8) is 0 Å². The van der Waals surface area contributed by atoms with Gasteiger partial charge in [0.15, 0.2) is 5.82 Å². The number of hydrogen-bond acceptors (Lipinski definition) is 7. The molecule has 108 valence electrons. The molecule has 0 aliphatic carbocycles. The van der Waals surface area contributed by atoms with Crippen LogP contribution in [0.5, 0.6) is 0 Å². The lowest BCUT2D eigenvalue weighted by molar-refractivity contribution is -0.384. The highest BCUT2D eigenvalue weighted by Crippen LogP contribution is 2.24. The predicted octanol–water partition coefficient (Wildman–Crippen LogP) is 1.69. The average molecular weight is 353 g/mol. The number of nitrogens with two attached hydrogens (primary N) is 1. The average Bonchev–Trinajstić information content (AvgIpc) is 2.48. The molecule has 9 nitrogen and oxygen atoms in total. The molecule has 2 aromatic rings. The molecule has 0 spiro atoms. The Bertz CT molecular complexity index is 691. The number of nitro groups is 1. The minimum atomic E-state index is -0.634. The lowest BCUT2D eigenvalue weighted by Gasteiger charge is -2.06. The fraction of sp³-hybridized carbons (Fsp3) is 0. The highest BCUT2D eigenvalue weighted by molar-refractivity contribution is 9.10. The third-order valence-corrected chi connectivity index (χ3v) is 2.88. The summed E-state index contributed by atoms with van der Waals surface area (Å²) in [6, 6.07) is 3.88. The molecule has 0 fully saturated rings. The lowest BCUT2D eigenvalue weighted by Crippen LogP contribution is -2.15. The zero-order valence-electron chi connectivity index (χ0n) is 10.4. The molecule has 1 aromatic carbocycles. The maximum atomic E-state index is 12.0. The van der Waals surface area contributed by atoms with Crippen LogP contribution < -0.4 is 16.6 Å². The van der Waals surface area contributed by atoms with E-state index < -0.39 is 10.8 Å². The molecule has 10 heteroatoms. The number of nitrogens with one attached hydrogen (secondary N) is 2. The van der Waals surface area contributed by atoms with Crippen molar-refractivity contribution in [2.24, 2.45) is 5.84 Å². The summed E-state index contributed by atoms with van der Waals surface area (Å²) in [4.78, 5) is 30.1. The van der Waals surface area contributed by atoms with Gasteiger partial charge in [0.25, 0.3) is 11.6 Å². The Labute approximate surface area is 126 Å². The first-order valence-electron chi connectivity index (χ1n) is 5.55. The van der Waals surface area contributed by atoms with E-state index in [0.29, 0.717) is 4.60 Å². The summed E-state index contributed by atoms with van der Waals surface area (Å²) in [5, 5.41) is 13.4. The van der Waals surface area contributed by atoms with E-state index in [1.54, 1.807) is 0 Å². The Morgan fingerprint density at radius 2 is 2.10 bits per heavy atom. The highest BCUT2D eigenvalue weighted by Gasteiger charge is 2.17. The number of hydrogen-bond donors (Lipinski definition) is 3. The van der Waals surface area contributed by atoms with Gasteiger partial charge in [-0.05, 0) is 28.1 Å². The Kier molecular flexibility index (Phi) is 4.40. The molecule has 0 bridgehead atoms. The van der Waals surface area contributed by atoms with Crippen LogP contribution in [-0.2, 0) is 0 Å². The van der Waals surface area contributed by atoms with Crippen molar-refractivity contribution in [3.05, 3.63) is 50.9 Å². The number of hydrazine groups is 1. The van der Waals surface area contributed by atoms with E-state index in [1.807, 2.05) is 0 Å². The SMILES string of the molecule is NNc1ccc(C(=O)Nc2cnc(Br)cn2)cc1[N+](=O)[O-]. The molecule has 1 aromatic heterocycles. The number of carbonyl (C=O) groups is 1. The summed E-state index contributed by atoms with van der Waals surface area (Å²) < 4.78 is 0.523. The number of amides is 1. The van der Waals surface area contributed by atoms with Crippen LogP contribution >= 0.6 is 15.9 Å². The first kappa shape index (κ1) is 14.8. The normalized spacial score (nSPS) is 10.0. The summed E-state index contributed by atoms with van der Waals surface area (Å²) in [6.45, 7) is 0. The molecule has 1 heterocycles. The third kappa shape index (κ3) is 3.49. The van der Waals surface area contributed by atoms with Crippen molar-refractivity contribution >= 4 is 39.0 Å². The quantitative estimate of drug-likeness (QED) is 0.432. The lowest BCUT2D eigenvalue weighted by atomic mass is 10.1.